The minimum atomic E-state index is 0.860. The van der Waals surface area contributed by atoms with E-state index in [0.717, 1.165) is 31.8 Å². The van der Waals surface area contributed by atoms with Gasteiger partial charge in [0.15, 0.2) is 0 Å². The van der Waals surface area contributed by atoms with Crippen LogP contribution in [0.5, 0.6) is 0 Å². The molecule has 0 aliphatic heterocycles. The van der Waals surface area contributed by atoms with Crippen LogP contribution in [0.3, 0.4) is 0 Å². The van der Waals surface area contributed by atoms with Gasteiger partial charge >= 0.3 is 0 Å². The van der Waals surface area contributed by atoms with Crippen molar-refractivity contribution in [3.63, 3.8) is 0 Å². The number of nitrogens with zero attached hydrogens (tertiary/aromatic N) is 1. The molecule has 0 aromatic rings. The van der Waals surface area contributed by atoms with Gasteiger partial charge in [0.25, 0.3) is 0 Å². The summed E-state index contributed by atoms with van der Waals surface area (Å²) in [6.07, 6.45) is 8.21. The van der Waals surface area contributed by atoms with Crippen LogP contribution in [0.4, 0.5) is 0 Å². The number of hydrogen-bond acceptors (Lipinski definition) is 1. The highest BCUT2D eigenvalue weighted by Gasteiger charge is 2.07. The van der Waals surface area contributed by atoms with Crippen molar-refractivity contribution in [2.24, 2.45) is 0 Å². The molecule has 90 valence electrons. The zero-order chi connectivity index (χ0) is 11.5. The van der Waals surface area contributed by atoms with E-state index in [4.69, 9.17) is 5.41 Å². The Balaban J connectivity index is 3.90. The minimum absolute atomic E-state index is 0.860. The number of amidine groups is 1. The molecule has 0 aliphatic rings. The molecule has 0 fully saturated rings. The van der Waals surface area contributed by atoms with Gasteiger partial charge in [-0.25, -0.2) is 0 Å². The first-order valence-corrected chi connectivity index (χ1v) is 6.58. The van der Waals surface area contributed by atoms with Crippen LogP contribution in [0.15, 0.2) is 0 Å². The molecule has 2 nitrogen and oxygen atoms in total. The molecule has 15 heavy (non-hydrogen) atoms. The monoisotopic (exact) mass is 212 g/mol. The Morgan fingerprint density at radius 3 is 1.73 bits per heavy atom. The van der Waals surface area contributed by atoms with E-state index in [9.17, 15) is 0 Å². The normalized spacial score (nSPS) is 10.3. The van der Waals surface area contributed by atoms with Crippen molar-refractivity contribution in [1.82, 2.24) is 4.90 Å². The molecule has 0 saturated carbocycles. The van der Waals surface area contributed by atoms with E-state index in [1.807, 2.05) is 0 Å². The molecular weight excluding hydrogens is 184 g/mol. The van der Waals surface area contributed by atoms with E-state index in [2.05, 4.69) is 25.7 Å². The quantitative estimate of drug-likeness (QED) is 0.453. The summed E-state index contributed by atoms with van der Waals surface area (Å²) in [5.74, 6) is 0.860. The predicted octanol–water partition coefficient (Wildman–Crippen LogP) is 4.06. The second-order valence-corrected chi connectivity index (χ2v) is 4.24. The zero-order valence-electron chi connectivity index (χ0n) is 10.8. The van der Waals surface area contributed by atoms with Crippen LogP contribution < -0.4 is 0 Å². The summed E-state index contributed by atoms with van der Waals surface area (Å²) in [6.45, 7) is 8.79. The molecule has 0 saturated heterocycles. The lowest BCUT2D eigenvalue weighted by atomic mass is 10.2. The summed E-state index contributed by atoms with van der Waals surface area (Å²) < 4.78 is 0. The van der Waals surface area contributed by atoms with Crippen LogP contribution >= 0.6 is 0 Å². The van der Waals surface area contributed by atoms with Crippen molar-refractivity contribution in [3.8, 4) is 0 Å². The summed E-state index contributed by atoms with van der Waals surface area (Å²) in [5, 5.41) is 8.03. The van der Waals surface area contributed by atoms with Gasteiger partial charge in [-0.05, 0) is 19.3 Å². The number of hydrogen-bond donors (Lipinski definition) is 1. The lowest BCUT2D eigenvalue weighted by molar-refractivity contribution is 0.387. The summed E-state index contributed by atoms with van der Waals surface area (Å²) in [7, 11) is 0. The molecule has 2 heteroatoms. The third-order valence-electron chi connectivity index (χ3n) is 2.71. The van der Waals surface area contributed by atoms with E-state index >= 15 is 0 Å². The maximum absolute atomic E-state index is 8.03. The highest BCUT2D eigenvalue weighted by Crippen LogP contribution is 2.05. The van der Waals surface area contributed by atoms with Gasteiger partial charge in [-0.3, -0.25) is 5.41 Å². The second kappa shape index (κ2) is 10.0. The average Bonchev–Trinajstić information content (AvgIpc) is 2.26. The Morgan fingerprint density at radius 2 is 1.33 bits per heavy atom. The maximum Gasteiger partial charge on any atom is 0.0957 e. The third-order valence-corrected chi connectivity index (χ3v) is 2.71. The molecule has 0 atom stereocenters. The Labute approximate surface area is 95.6 Å². The Kier molecular flexibility index (Phi) is 9.65. The highest BCUT2D eigenvalue weighted by molar-refractivity contribution is 5.79. The largest absolute Gasteiger partial charge is 0.361 e. The third kappa shape index (κ3) is 7.40. The van der Waals surface area contributed by atoms with E-state index in [1.54, 1.807) is 0 Å². The molecule has 0 aromatic carbocycles. The van der Waals surface area contributed by atoms with Crippen molar-refractivity contribution in [2.45, 2.75) is 65.7 Å². The van der Waals surface area contributed by atoms with Gasteiger partial charge in [0.05, 0.1) is 5.84 Å². The molecule has 0 bridgehead atoms. The summed E-state index contributed by atoms with van der Waals surface area (Å²) in [4.78, 5) is 2.28. The maximum atomic E-state index is 8.03. The van der Waals surface area contributed by atoms with Gasteiger partial charge in [-0.2, -0.15) is 0 Å². The fraction of sp³-hybridized carbons (Fsp3) is 0.923. The Morgan fingerprint density at radius 1 is 0.867 bits per heavy atom. The number of nitrogens with one attached hydrogen (secondary N) is 1. The van der Waals surface area contributed by atoms with Gasteiger partial charge in [-0.1, -0.05) is 40.0 Å². The predicted molar refractivity (Wildman–Crippen MR) is 68.6 cm³/mol. The highest BCUT2D eigenvalue weighted by atomic mass is 15.2. The molecule has 0 aliphatic carbocycles. The first kappa shape index (κ1) is 14.5. The molecule has 0 radical (unpaired) electrons. The van der Waals surface area contributed by atoms with Crippen molar-refractivity contribution in [1.29, 1.82) is 5.41 Å². The van der Waals surface area contributed by atoms with Gasteiger partial charge in [-0.15, -0.1) is 0 Å². The van der Waals surface area contributed by atoms with E-state index in [0.29, 0.717) is 0 Å². The lowest BCUT2D eigenvalue weighted by Gasteiger charge is -2.25. The van der Waals surface area contributed by atoms with E-state index < -0.39 is 0 Å². The van der Waals surface area contributed by atoms with Crippen LogP contribution in [-0.2, 0) is 0 Å². The van der Waals surface area contributed by atoms with E-state index in [1.165, 1.54) is 32.1 Å². The summed E-state index contributed by atoms with van der Waals surface area (Å²) >= 11 is 0. The molecule has 0 heterocycles. The summed E-state index contributed by atoms with van der Waals surface area (Å²) in [5.41, 5.74) is 0. The SMILES string of the molecule is CCCCC(=N)N(CCCC)CCCC. The van der Waals surface area contributed by atoms with Gasteiger partial charge < -0.3 is 4.90 Å². The molecule has 0 unspecified atom stereocenters. The van der Waals surface area contributed by atoms with Crippen LogP contribution in [-0.4, -0.2) is 23.8 Å². The molecule has 0 aromatic heterocycles. The molecule has 0 rings (SSSR count). The van der Waals surface area contributed by atoms with Crippen molar-refractivity contribution in [2.75, 3.05) is 13.1 Å². The first-order chi connectivity index (χ1) is 7.26. The van der Waals surface area contributed by atoms with Crippen LogP contribution in [0.25, 0.3) is 0 Å². The molecular formula is C13H28N2. The lowest BCUT2D eigenvalue weighted by Crippen LogP contribution is -2.32. The van der Waals surface area contributed by atoms with Gasteiger partial charge in [0, 0.05) is 19.5 Å². The second-order valence-electron chi connectivity index (χ2n) is 4.24. The fourth-order valence-electron chi connectivity index (χ4n) is 1.58. The Hall–Kier alpha value is -0.530. The number of rotatable bonds is 9. The topological polar surface area (TPSA) is 27.1 Å². The van der Waals surface area contributed by atoms with Crippen LogP contribution in [0.2, 0.25) is 0 Å². The summed E-state index contributed by atoms with van der Waals surface area (Å²) in [6, 6.07) is 0. The van der Waals surface area contributed by atoms with Crippen molar-refractivity contribution < 1.29 is 0 Å². The van der Waals surface area contributed by atoms with Crippen molar-refractivity contribution in [3.05, 3.63) is 0 Å². The molecule has 1 N–H and O–H groups in total. The average molecular weight is 212 g/mol. The van der Waals surface area contributed by atoms with Crippen molar-refractivity contribution >= 4 is 5.84 Å². The Bertz CT molecular complexity index is 147. The fourth-order valence-corrected chi connectivity index (χ4v) is 1.58. The standard InChI is InChI=1S/C13H28N2/c1-4-7-10-13(14)15(11-8-5-2)12-9-6-3/h14H,4-12H2,1-3H3. The molecule has 0 amide bonds. The van der Waals surface area contributed by atoms with Crippen LogP contribution in [0, 0.1) is 5.41 Å². The zero-order valence-corrected chi connectivity index (χ0v) is 10.8. The number of unbranched alkanes of at least 4 members (excludes halogenated alkanes) is 3. The molecule has 0 spiro atoms. The first-order valence-electron chi connectivity index (χ1n) is 6.58. The van der Waals surface area contributed by atoms with Gasteiger partial charge in [0.1, 0.15) is 0 Å². The van der Waals surface area contributed by atoms with Crippen LogP contribution in [0.1, 0.15) is 65.7 Å². The minimum Gasteiger partial charge on any atom is -0.361 e. The smallest absolute Gasteiger partial charge is 0.0957 e. The van der Waals surface area contributed by atoms with Gasteiger partial charge in [0.2, 0.25) is 0 Å². The van der Waals surface area contributed by atoms with E-state index in [-0.39, 0.29) is 0 Å².